The Morgan fingerprint density at radius 1 is 1.38 bits per heavy atom. The van der Waals surface area contributed by atoms with Gasteiger partial charge in [-0.3, -0.25) is 0 Å². The van der Waals surface area contributed by atoms with Gasteiger partial charge in [-0.05, 0) is 0 Å². The molecular formula is C10H19NOSe. The zero-order chi connectivity index (χ0) is 10.1. The van der Waals surface area contributed by atoms with Crippen LogP contribution in [0.2, 0.25) is 0 Å². The van der Waals surface area contributed by atoms with E-state index in [1.54, 1.807) is 0 Å². The van der Waals surface area contributed by atoms with Crippen LogP contribution in [0.15, 0.2) is 0 Å². The molecule has 1 heterocycles. The molecule has 76 valence electrons. The zero-order valence-electron chi connectivity index (χ0n) is 8.71. The number of rotatable bonds is 3. The third-order valence-corrected chi connectivity index (χ3v) is 4.13. The first-order valence-corrected chi connectivity index (χ1v) is 5.80. The minimum atomic E-state index is -0.622. The van der Waals surface area contributed by atoms with E-state index < -0.39 is 5.60 Å². The third-order valence-electron chi connectivity index (χ3n) is 2.85. The molecule has 1 aliphatic heterocycles. The van der Waals surface area contributed by atoms with E-state index in [9.17, 15) is 5.11 Å². The van der Waals surface area contributed by atoms with E-state index in [-0.39, 0.29) is 5.92 Å². The summed E-state index contributed by atoms with van der Waals surface area (Å²) < 4.78 is 1.21. The molecule has 1 aliphatic rings. The second-order valence-electron chi connectivity index (χ2n) is 4.41. The molecule has 0 saturated carbocycles. The maximum absolute atomic E-state index is 9.85. The van der Waals surface area contributed by atoms with Crippen molar-refractivity contribution in [2.24, 2.45) is 5.92 Å². The topological polar surface area (TPSA) is 23.5 Å². The molecule has 0 aromatic carbocycles. The van der Waals surface area contributed by atoms with Gasteiger partial charge in [-0.1, -0.05) is 0 Å². The second-order valence-corrected chi connectivity index (χ2v) is 5.29. The first-order chi connectivity index (χ1) is 5.93. The van der Waals surface area contributed by atoms with Gasteiger partial charge in [0, 0.05) is 0 Å². The Labute approximate surface area is 88.7 Å². The van der Waals surface area contributed by atoms with Crippen molar-refractivity contribution in [3.05, 3.63) is 0 Å². The van der Waals surface area contributed by atoms with Crippen molar-refractivity contribution in [3.63, 3.8) is 0 Å². The van der Waals surface area contributed by atoms with Crippen LogP contribution in [0.3, 0.4) is 0 Å². The van der Waals surface area contributed by atoms with Crippen LogP contribution in [-0.4, -0.2) is 48.8 Å². The molecule has 13 heavy (non-hydrogen) atoms. The summed E-state index contributed by atoms with van der Waals surface area (Å²) in [6.45, 7) is 8.09. The summed E-state index contributed by atoms with van der Waals surface area (Å²) in [6, 6.07) is 0. The molecule has 0 amide bonds. The van der Waals surface area contributed by atoms with Crippen LogP contribution >= 0.6 is 0 Å². The Hall–Kier alpha value is 0.149. The van der Waals surface area contributed by atoms with Crippen molar-refractivity contribution in [2.45, 2.75) is 39.2 Å². The van der Waals surface area contributed by atoms with Gasteiger partial charge in [-0.25, -0.2) is 0 Å². The van der Waals surface area contributed by atoms with Crippen molar-refractivity contribution in [2.75, 3.05) is 13.1 Å². The van der Waals surface area contributed by atoms with E-state index in [1.165, 1.54) is 17.4 Å². The summed E-state index contributed by atoms with van der Waals surface area (Å²) in [4.78, 5) is 2.35. The normalized spacial score (nSPS) is 20.5. The van der Waals surface area contributed by atoms with Crippen molar-refractivity contribution in [3.8, 4) is 0 Å². The van der Waals surface area contributed by atoms with E-state index in [0.717, 1.165) is 13.1 Å². The Balaban J connectivity index is 2.56. The molecule has 1 atom stereocenters. The summed E-state index contributed by atoms with van der Waals surface area (Å²) in [6.07, 6.45) is 2.56. The van der Waals surface area contributed by atoms with Gasteiger partial charge in [0.05, 0.1) is 0 Å². The Morgan fingerprint density at radius 2 is 1.85 bits per heavy atom. The van der Waals surface area contributed by atoms with Crippen LogP contribution in [0.25, 0.3) is 0 Å². The van der Waals surface area contributed by atoms with Crippen LogP contribution in [-0.2, 0) is 0 Å². The minimum absolute atomic E-state index is 0.200. The fourth-order valence-electron chi connectivity index (χ4n) is 1.51. The summed E-state index contributed by atoms with van der Waals surface area (Å²) in [5, 5.41) is 9.85. The number of aliphatic hydroxyl groups is 1. The van der Waals surface area contributed by atoms with E-state index in [2.05, 4.69) is 27.4 Å². The van der Waals surface area contributed by atoms with Crippen LogP contribution in [0.1, 0.15) is 33.6 Å². The zero-order valence-corrected chi connectivity index (χ0v) is 10.4. The number of hydrogen-bond acceptors (Lipinski definition) is 2. The van der Waals surface area contributed by atoms with Gasteiger partial charge in [-0.15, -0.1) is 0 Å². The van der Waals surface area contributed by atoms with Crippen LogP contribution in [0.4, 0.5) is 0 Å². The van der Waals surface area contributed by atoms with E-state index in [0.29, 0.717) is 0 Å². The fraction of sp³-hybridized carbons (Fsp3) is 0.900. The number of hydrogen-bond donors (Lipinski definition) is 1. The summed E-state index contributed by atoms with van der Waals surface area (Å²) in [5.74, 6) is 0.200. The molecule has 0 aliphatic carbocycles. The van der Waals surface area contributed by atoms with Gasteiger partial charge >= 0.3 is 88.3 Å². The summed E-state index contributed by atoms with van der Waals surface area (Å²) in [5.41, 5.74) is -0.622. The predicted octanol–water partition coefficient (Wildman–Crippen LogP) is 0.788. The monoisotopic (exact) mass is 249 g/mol. The van der Waals surface area contributed by atoms with Gasteiger partial charge in [0.1, 0.15) is 0 Å². The van der Waals surface area contributed by atoms with Crippen LogP contribution in [0.5, 0.6) is 0 Å². The van der Waals surface area contributed by atoms with Gasteiger partial charge in [0.25, 0.3) is 0 Å². The molecule has 0 bridgehead atoms. The van der Waals surface area contributed by atoms with Gasteiger partial charge in [0.15, 0.2) is 0 Å². The molecule has 0 spiro atoms. The first kappa shape index (κ1) is 11.2. The standard InChI is InChI=1S/C10H19NOSe/c1-8(10(2,3)12)9(13)11-6-4-5-7-11/h8,12H,4-7H2,1-3H3. The maximum atomic E-state index is 9.85. The third kappa shape index (κ3) is 2.80. The Kier molecular flexibility index (Phi) is 3.56. The molecule has 1 fully saturated rings. The Morgan fingerprint density at radius 3 is 2.23 bits per heavy atom. The molecule has 2 nitrogen and oxygen atoms in total. The predicted molar refractivity (Wildman–Crippen MR) is 57.0 cm³/mol. The molecule has 1 N–H and O–H groups in total. The fourth-order valence-corrected chi connectivity index (χ4v) is 2.50. The molecule has 1 unspecified atom stereocenters. The van der Waals surface area contributed by atoms with Gasteiger partial charge in [0.2, 0.25) is 0 Å². The summed E-state index contributed by atoms with van der Waals surface area (Å²) in [7, 11) is 0. The SMILES string of the molecule is CC(C(=[Se])N1CCCC1)C(C)(C)O. The van der Waals surface area contributed by atoms with Crippen molar-refractivity contribution >= 4 is 20.1 Å². The van der Waals surface area contributed by atoms with Crippen LogP contribution in [0, 0.1) is 5.92 Å². The molecular weight excluding hydrogens is 229 g/mol. The molecule has 0 radical (unpaired) electrons. The molecule has 0 aromatic heterocycles. The second kappa shape index (κ2) is 4.12. The number of nitrogens with zero attached hydrogens (tertiary/aromatic N) is 1. The van der Waals surface area contributed by atoms with Crippen molar-refractivity contribution in [1.29, 1.82) is 0 Å². The molecule has 3 heteroatoms. The van der Waals surface area contributed by atoms with Crippen molar-refractivity contribution < 1.29 is 5.11 Å². The summed E-state index contributed by atoms with van der Waals surface area (Å²) >= 11 is 3.11. The van der Waals surface area contributed by atoms with E-state index >= 15 is 0 Å². The average molecular weight is 248 g/mol. The quantitative estimate of drug-likeness (QED) is 0.746. The van der Waals surface area contributed by atoms with Gasteiger partial charge < -0.3 is 0 Å². The van der Waals surface area contributed by atoms with Crippen molar-refractivity contribution in [1.82, 2.24) is 4.90 Å². The molecule has 1 saturated heterocycles. The molecule has 0 aromatic rings. The number of likely N-dealkylation sites (tertiary alicyclic amines) is 1. The first-order valence-electron chi connectivity index (χ1n) is 4.94. The Bertz CT molecular complexity index is 192. The van der Waals surface area contributed by atoms with E-state index in [1.807, 2.05) is 13.8 Å². The van der Waals surface area contributed by atoms with E-state index in [4.69, 9.17) is 0 Å². The van der Waals surface area contributed by atoms with Crippen LogP contribution < -0.4 is 0 Å². The molecule has 1 rings (SSSR count). The van der Waals surface area contributed by atoms with Gasteiger partial charge in [-0.2, -0.15) is 0 Å². The average Bonchev–Trinajstić information content (AvgIpc) is 2.51.